The molecular weight excluding hydrogens is 539 g/mol. The zero-order chi connectivity index (χ0) is 29.1. The summed E-state index contributed by atoms with van der Waals surface area (Å²) in [5.41, 5.74) is 1.53. The molecule has 6 rings (SSSR count). The van der Waals surface area contributed by atoms with Crippen LogP contribution in [0, 0.1) is 0 Å². The Kier molecular flexibility index (Phi) is 7.73. The number of fused-ring (bicyclic) bond motifs is 1. The van der Waals surface area contributed by atoms with Gasteiger partial charge in [0, 0.05) is 36.1 Å². The average molecular weight is 570 g/mol. The fraction of sp³-hybridized carbons (Fsp3) is 0.273. The molecule has 1 saturated carbocycles. The number of pyridine rings is 1. The van der Waals surface area contributed by atoms with Crippen molar-refractivity contribution in [2.45, 2.75) is 50.9 Å². The van der Waals surface area contributed by atoms with E-state index in [1.807, 2.05) is 47.4 Å². The molecule has 2 aromatic heterocycles. The van der Waals surface area contributed by atoms with Crippen molar-refractivity contribution >= 4 is 16.7 Å². The highest BCUT2D eigenvalue weighted by Crippen LogP contribution is 2.32. The summed E-state index contributed by atoms with van der Waals surface area (Å²) in [5.74, 6) is 0.953. The summed E-state index contributed by atoms with van der Waals surface area (Å²) in [6.07, 6.45) is 3.20. The van der Waals surface area contributed by atoms with Crippen molar-refractivity contribution in [1.82, 2.24) is 24.6 Å². The van der Waals surface area contributed by atoms with E-state index in [-0.39, 0.29) is 11.9 Å². The predicted molar refractivity (Wildman–Crippen MR) is 155 cm³/mol. The van der Waals surface area contributed by atoms with Crippen molar-refractivity contribution in [2.75, 3.05) is 6.54 Å². The molecule has 0 unspecified atom stereocenters. The topological polar surface area (TPSA) is 63.9 Å². The second kappa shape index (κ2) is 11.8. The van der Waals surface area contributed by atoms with Gasteiger partial charge in [0.1, 0.15) is 0 Å². The number of carbonyl (C=O) groups is 1. The van der Waals surface area contributed by atoms with Crippen LogP contribution in [-0.4, -0.2) is 43.1 Å². The molecule has 0 aliphatic heterocycles. The number of amides is 1. The van der Waals surface area contributed by atoms with E-state index in [0.717, 1.165) is 59.7 Å². The average Bonchev–Trinajstić information content (AvgIpc) is 3.69. The van der Waals surface area contributed by atoms with Gasteiger partial charge in [-0.15, -0.1) is 0 Å². The van der Waals surface area contributed by atoms with Gasteiger partial charge < -0.3 is 4.90 Å². The lowest BCUT2D eigenvalue weighted by molar-refractivity contribution is -0.137. The van der Waals surface area contributed by atoms with Crippen LogP contribution < -0.4 is 0 Å². The molecule has 1 aliphatic rings. The number of hydrogen-bond donors (Lipinski definition) is 0. The Bertz CT molecular complexity index is 1670. The van der Waals surface area contributed by atoms with Crippen LogP contribution in [-0.2, 0) is 23.9 Å². The number of hydrogen-bond acceptors (Lipinski definition) is 4. The molecule has 9 heteroatoms. The molecule has 1 amide bonds. The third kappa shape index (κ3) is 5.91. The third-order valence-electron chi connectivity index (χ3n) is 7.94. The molecule has 42 heavy (non-hydrogen) atoms. The number of rotatable bonds is 8. The second-order valence-electron chi connectivity index (χ2n) is 10.6. The van der Waals surface area contributed by atoms with Gasteiger partial charge >= 0.3 is 6.18 Å². The Hall–Kier alpha value is -4.53. The Morgan fingerprint density at radius 3 is 2.33 bits per heavy atom. The van der Waals surface area contributed by atoms with E-state index in [1.54, 1.807) is 29.2 Å². The lowest BCUT2D eigenvalue weighted by Gasteiger charge is -2.29. The summed E-state index contributed by atoms with van der Waals surface area (Å²) in [5, 5.41) is 6.90. The van der Waals surface area contributed by atoms with E-state index in [0.29, 0.717) is 36.7 Å². The molecule has 0 radical (unpaired) electrons. The maximum absolute atomic E-state index is 13.8. The monoisotopic (exact) mass is 569 g/mol. The first kappa shape index (κ1) is 27.6. The van der Waals surface area contributed by atoms with E-state index in [4.69, 9.17) is 10.1 Å². The van der Waals surface area contributed by atoms with Crippen LogP contribution >= 0.6 is 0 Å². The van der Waals surface area contributed by atoms with E-state index < -0.39 is 11.7 Å². The number of benzene rings is 3. The van der Waals surface area contributed by atoms with Crippen LogP contribution in [0.5, 0.6) is 0 Å². The summed E-state index contributed by atoms with van der Waals surface area (Å²) >= 11 is 0. The van der Waals surface area contributed by atoms with Crippen LogP contribution in [0.4, 0.5) is 13.2 Å². The molecule has 1 aliphatic carbocycles. The molecule has 0 atom stereocenters. The summed E-state index contributed by atoms with van der Waals surface area (Å²) < 4.78 is 41.4. The highest BCUT2D eigenvalue weighted by atomic mass is 19.4. The molecule has 6 nitrogen and oxygen atoms in total. The minimum absolute atomic E-state index is 0.0591. The van der Waals surface area contributed by atoms with Crippen molar-refractivity contribution < 1.29 is 18.0 Å². The van der Waals surface area contributed by atoms with Gasteiger partial charge in [-0.2, -0.15) is 18.3 Å². The molecule has 0 saturated heterocycles. The summed E-state index contributed by atoms with van der Waals surface area (Å²) in [7, 11) is 0. The number of halogens is 3. The zero-order valence-electron chi connectivity index (χ0n) is 23.0. The summed E-state index contributed by atoms with van der Waals surface area (Å²) in [4.78, 5) is 24.6. The van der Waals surface area contributed by atoms with Crippen molar-refractivity contribution in [3.8, 4) is 22.8 Å². The van der Waals surface area contributed by atoms with Gasteiger partial charge in [-0.1, -0.05) is 67.4 Å². The molecule has 0 N–H and O–H groups in total. The number of alkyl halides is 3. The Balaban J connectivity index is 1.30. The normalized spacial score (nSPS) is 14.0. The fourth-order valence-corrected chi connectivity index (χ4v) is 5.78. The first-order valence-electron chi connectivity index (χ1n) is 14.2. The Labute approximate surface area is 241 Å². The fourth-order valence-electron chi connectivity index (χ4n) is 5.78. The lowest BCUT2D eigenvalue weighted by Crippen LogP contribution is -2.42. The number of carbonyl (C=O) groups excluding carboxylic acids is 1. The smallest absolute Gasteiger partial charge is 0.338 e. The SMILES string of the molecule is O=C(Cc1cccc2ccccc12)N(CCn1nc(-c2ccncc2)nc1-c1ccc(C(F)(F)F)cc1)C1CCCC1. The second-order valence-corrected chi connectivity index (χ2v) is 10.6. The van der Waals surface area contributed by atoms with Crippen molar-refractivity contribution in [3.63, 3.8) is 0 Å². The highest BCUT2D eigenvalue weighted by molar-refractivity contribution is 5.90. The first-order chi connectivity index (χ1) is 20.4. The van der Waals surface area contributed by atoms with Gasteiger partial charge in [0.25, 0.3) is 0 Å². The van der Waals surface area contributed by atoms with E-state index in [2.05, 4.69) is 4.98 Å². The number of nitrogens with zero attached hydrogens (tertiary/aromatic N) is 5. The molecule has 214 valence electrons. The third-order valence-corrected chi connectivity index (χ3v) is 7.94. The first-order valence-corrected chi connectivity index (χ1v) is 14.2. The molecule has 0 spiro atoms. The van der Waals surface area contributed by atoms with Gasteiger partial charge in [-0.25, -0.2) is 9.67 Å². The van der Waals surface area contributed by atoms with Crippen LogP contribution in [0.1, 0.15) is 36.8 Å². The summed E-state index contributed by atoms with van der Waals surface area (Å²) in [6, 6.07) is 22.8. The van der Waals surface area contributed by atoms with Gasteiger partial charge in [0.05, 0.1) is 18.5 Å². The minimum atomic E-state index is -4.43. The molecule has 1 fully saturated rings. The van der Waals surface area contributed by atoms with Crippen molar-refractivity contribution in [3.05, 3.63) is 102 Å². The quantitative estimate of drug-likeness (QED) is 0.198. The highest BCUT2D eigenvalue weighted by Gasteiger charge is 2.31. The van der Waals surface area contributed by atoms with Crippen molar-refractivity contribution in [2.24, 2.45) is 0 Å². The van der Waals surface area contributed by atoms with Crippen LogP contribution in [0.25, 0.3) is 33.5 Å². The predicted octanol–water partition coefficient (Wildman–Crippen LogP) is 7.19. The van der Waals surface area contributed by atoms with Crippen LogP contribution in [0.2, 0.25) is 0 Å². The molecule has 0 bridgehead atoms. The lowest BCUT2D eigenvalue weighted by atomic mass is 10.0. The Morgan fingerprint density at radius 2 is 1.60 bits per heavy atom. The zero-order valence-corrected chi connectivity index (χ0v) is 23.0. The largest absolute Gasteiger partial charge is 0.416 e. The standard InChI is InChI=1S/C33H30F3N5O/c34-33(35,36)27-14-12-25(13-15-27)32-38-31(24-16-18-37-19-17-24)39-41(32)21-20-40(28-9-2-3-10-28)30(42)22-26-8-5-7-23-6-1-4-11-29(23)26/h1,4-8,11-19,28H,2-3,9-10,20-22H2. The maximum atomic E-state index is 13.8. The molecule has 3 aromatic carbocycles. The van der Waals surface area contributed by atoms with Gasteiger partial charge in [0.15, 0.2) is 11.6 Å². The molecule has 2 heterocycles. The molecular formula is C33H30F3N5O. The maximum Gasteiger partial charge on any atom is 0.416 e. The van der Waals surface area contributed by atoms with E-state index in [9.17, 15) is 18.0 Å². The van der Waals surface area contributed by atoms with Crippen LogP contribution in [0.15, 0.2) is 91.3 Å². The number of aromatic nitrogens is 4. The van der Waals surface area contributed by atoms with Crippen LogP contribution in [0.3, 0.4) is 0 Å². The minimum Gasteiger partial charge on any atom is -0.338 e. The Morgan fingerprint density at radius 1 is 0.881 bits per heavy atom. The van der Waals surface area contributed by atoms with Gasteiger partial charge in [-0.05, 0) is 53.4 Å². The van der Waals surface area contributed by atoms with E-state index in [1.165, 1.54) is 12.1 Å². The van der Waals surface area contributed by atoms with Crippen molar-refractivity contribution in [1.29, 1.82) is 0 Å². The van der Waals surface area contributed by atoms with Gasteiger partial charge in [0.2, 0.25) is 5.91 Å². The molecule has 5 aromatic rings. The van der Waals surface area contributed by atoms with E-state index >= 15 is 0 Å². The van der Waals surface area contributed by atoms with Gasteiger partial charge in [-0.3, -0.25) is 9.78 Å². The summed E-state index contributed by atoms with van der Waals surface area (Å²) in [6.45, 7) is 0.771.